The zero-order valence-electron chi connectivity index (χ0n) is 17.3. The van der Waals surface area contributed by atoms with E-state index in [-0.39, 0.29) is 11.8 Å². The van der Waals surface area contributed by atoms with Crippen LogP contribution < -0.4 is 20.9 Å². The van der Waals surface area contributed by atoms with Crippen LogP contribution >= 0.6 is 11.6 Å². The normalized spacial score (nSPS) is 14.9. The van der Waals surface area contributed by atoms with Crippen LogP contribution in [0.4, 0.5) is 5.69 Å². The first kappa shape index (κ1) is 22.6. The molecule has 164 valence electrons. The molecule has 1 unspecified atom stereocenters. The van der Waals surface area contributed by atoms with Crippen LogP contribution in [0.3, 0.4) is 0 Å². The fourth-order valence-corrected chi connectivity index (χ4v) is 3.50. The molecule has 1 aliphatic rings. The van der Waals surface area contributed by atoms with Gasteiger partial charge in [-0.05, 0) is 68.3 Å². The standard InChI is InChI=1S/C23H26ClN3O4/c1-15(31-20-13-9-18(24)10-14-20)21(28)26-27-23(30)17-7-11-19(12-8-17)25-22(29)16-5-3-2-4-6-16/h7-16H,2-6H2,1H3,(H,25,29)(H,26,28)(H,27,30). The third-order valence-corrected chi connectivity index (χ3v) is 5.44. The molecule has 1 atom stereocenters. The van der Waals surface area contributed by atoms with Gasteiger partial charge in [0.05, 0.1) is 0 Å². The van der Waals surface area contributed by atoms with E-state index in [1.165, 1.54) is 6.42 Å². The van der Waals surface area contributed by atoms with Gasteiger partial charge in [0.25, 0.3) is 11.8 Å². The summed E-state index contributed by atoms with van der Waals surface area (Å²) in [6, 6.07) is 13.1. The number of carbonyl (C=O) groups is 3. The molecule has 0 radical (unpaired) electrons. The molecule has 0 spiro atoms. The molecule has 2 aromatic carbocycles. The second-order valence-corrected chi connectivity index (χ2v) is 8.00. The monoisotopic (exact) mass is 443 g/mol. The van der Waals surface area contributed by atoms with Gasteiger partial charge in [-0.2, -0.15) is 0 Å². The van der Waals surface area contributed by atoms with Gasteiger partial charge in [-0.3, -0.25) is 25.2 Å². The van der Waals surface area contributed by atoms with E-state index >= 15 is 0 Å². The van der Waals surface area contributed by atoms with Crippen molar-refractivity contribution in [1.82, 2.24) is 10.9 Å². The molecule has 0 bridgehead atoms. The predicted octanol–water partition coefficient (Wildman–Crippen LogP) is 4.09. The maximum Gasteiger partial charge on any atom is 0.279 e. The Bertz CT molecular complexity index is 909. The molecule has 0 aliphatic heterocycles. The molecule has 0 saturated heterocycles. The Kier molecular flexibility index (Phi) is 7.89. The van der Waals surface area contributed by atoms with E-state index < -0.39 is 17.9 Å². The lowest BCUT2D eigenvalue weighted by molar-refractivity contribution is -0.128. The van der Waals surface area contributed by atoms with Crippen molar-refractivity contribution in [2.24, 2.45) is 5.92 Å². The predicted molar refractivity (Wildman–Crippen MR) is 119 cm³/mol. The number of ether oxygens (including phenoxy) is 1. The summed E-state index contributed by atoms with van der Waals surface area (Å²) in [5.74, 6) is -0.399. The van der Waals surface area contributed by atoms with Crippen molar-refractivity contribution in [3.63, 3.8) is 0 Å². The van der Waals surface area contributed by atoms with Crippen LogP contribution in [0.1, 0.15) is 49.4 Å². The van der Waals surface area contributed by atoms with Gasteiger partial charge in [0.15, 0.2) is 6.10 Å². The van der Waals surface area contributed by atoms with Crippen LogP contribution in [0.2, 0.25) is 5.02 Å². The van der Waals surface area contributed by atoms with Crippen molar-refractivity contribution >= 4 is 35.0 Å². The van der Waals surface area contributed by atoms with Gasteiger partial charge in [0.1, 0.15) is 5.75 Å². The second kappa shape index (κ2) is 10.8. The Hall–Kier alpha value is -3.06. The molecule has 7 nitrogen and oxygen atoms in total. The Balaban J connectivity index is 1.45. The molecular weight excluding hydrogens is 418 g/mol. The maximum atomic E-state index is 12.3. The lowest BCUT2D eigenvalue weighted by Gasteiger charge is -2.20. The first-order valence-corrected chi connectivity index (χ1v) is 10.7. The van der Waals surface area contributed by atoms with Crippen LogP contribution in [-0.2, 0) is 9.59 Å². The largest absolute Gasteiger partial charge is 0.481 e. The maximum absolute atomic E-state index is 12.3. The molecule has 3 N–H and O–H groups in total. The Labute approximate surface area is 186 Å². The van der Waals surface area contributed by atoms with Crippen molar-refractivity contribution in [3.05, 3.63) is 59.1 Å². The topological polar surface area (TPSA) is 96.5 Å². The summed E-state index contributed by atoms with van der Waals surface area (Å²) >= 11 is 5.82. The average molecular weight is 444 g/mol. The van der Waals surface area contributed by atoms with Crippen molar-refractivity contribution in [3.8, 4) is 5.75 Å². The summed E-state index contributed by atoms with van der Waals surface area (Å²) in [6.07, 6.45) is 4.39. The van der Waals surface area contributed by atoms with Gasteiger partial charge in [-0.25, -0.2) is 0 Å². The highest BCUT2D eigenvalue weighted by Gasteiger charge is 2.21. The molecule has 1 aliphatic carbocycles. The van der Waals surface area contributed by atoms with Gasteiger partial charge in [-0.1, -0.05) is 30.9 Å². The first-order valence-electron chi connectivity index (χ1n) is 10.4. The summed E-state index contributed by atoms with van der Waals surface area (Å²) in [4.78, 5) is 36.7. The summed E-state index contributed by atoms with van der Waals surface area (Å²) in [7, 11) is 0. The summed E-state index contributed by atoms with van der Waals surface area (Å²) in [5, 5.41) is 3.47. The molecule has 8 heteroatoms. The number of hydrazine groups is 1. The van der Waals surface area contributed by atoms with Crippen molar-refractivity contribution < 1.29 is 19.1 Å². The SMILES string of the molecule is CC(Oc1ccc(Cl)cc1)C(=O)NNC(=O)c1ccc(NC(=O)C2CCCCC2)cc1. The lowest BCUT2D eigenvalue weighted by Crippen LogP contribution is -2.47. The van der Waals surface area contributed by atoms with Crippen molar-refractivity contribution in [2.75, 3.05) is 5.32 Å². The average Bonchev–Trinajstić information content (AvgIpc) is 2.79. The van der Waals surface area contributed by atoms with Crippen LogP contribution in [0.15, 0.2) is 48.5 Å². The van der Waals surface area contributed by atoms with E-state index in [0.717, 1.165) is 25.7 Å². The highest BCUT2D eigenvalue weighted by atomic mass is 35.5. The van der Waals surface area contributed by atoms with E-state index in [2.05, 4.69) is 16.2 Å². The Morgan fingerprint density at radius 3 is 2.23 bits per heavy atom. The quantitative estimate of drug-likeness (QED) is 0.586. The third-order valence-electron chi connectivity index (χ3n) is 5.19. The fraction of sp³-hybridized carbons (Fsp3) is 0.348. The zero-order chi connectivity index (χ0) is 22.2. The van der Waals surface area contributed by atoms with E-state index in [4.69, 9.17) is 16.3 Å². The van der Waals surface area contributed by atoms with Crippen molar-refractivity contribution in [2.45, 2.75) is 45.1 Å². The van der Waals surface area contributed by atoms with Gasteiger partial charge < -0.3 is 10.1 Å². The summed E-state index contributed by atoms with van der Waals surface area (Å²) < 4.78 is 5.51. The molecule has 0 heterocycles. The molecular formula is C23H26ClN3O4. The molecule has 1 saturated carbocycles. The van der Waals surface area contributed by atoms with E-state index in [1.54, 1.807) is 55.5 Å². The number of hydrogen-bond acceptors (Lipinski definition) is 4. The number of amides is 3. The fourth-order valence-electron chi connectivity index (χ4n) is 3.38. The number of hydrogen-bond donors (Lipinski definition) is 3. The Morgan fingerprint density at radius 1 is 0.935 bits per heavy atom. The number of nitrogens with one attached hydrogen (secondary N) is 3. The zero-order valence-corrected chi connectivity index (χ0v) is 18.1. The number of carbonyl (C=O) groups excluding carboxylic acids is 3. The highest BCUT2D eigenvalue weighted by molar-refractivity contribution is 6.30. The minimum absolute atomic E-state index is 0.0267. The van der Waals surface area contributed by atoms with Gasteiger partial charge in [0, 0.05) is 22.2 Å². The second-order valence-electron chi connectivity index (χ2n) is 7.56. The van der Waals surface area contributed by atoms with Crippen LogP contribution in [-0.4, -0.2) is 23.8 Å². The van der Waals surface area contributed by atoms with E-state index in [1.807, 2.05) is 0 Å². The van der Waals surface area contributed by atoms with Gasteiger partial charge in [-0.15, -0.1) is 0 Å². The highest BCUT2D eigenvalue weighted by Crippen LogP contribution is 2.25. The molecule has 0 aromatic heterocycles. The molecule has 3 amide bonds. The summed E-state index contributed by atoms with van der Waals surface area (Å²) in [6.45, 7) is 1.57. The third kappa shape index (κ3) is 6.72. The van der Waals surface area contributed by atoms with Gasteiger partial charge >= 0.3 is 0 Å². The summed E-state index contributed by atoms with van der Waals surface area (Å²) in [5.41, 5.74) is 5.69. The molecule has 1 fully saturated rings. The molecule has 2 aromatic rings. The van der Waals surface area contributed by atoms with Crippen LogP contribution in [0.5, 0.6) is 5.75 Å². The first-order chi connectivity index (χ1) is 14.9. The number of halogens is 1. The lowest BCUT2D eigenvalue weighted by atomic mass is 9.88. The number of anilines is 1. The van der Waals surface area contributed by atoms with Crippen molar-refractivity contribution in [1.29, 1.82) is 0 Å². The number of benzene rings is 2. The smallest absolute Gasteiger partial charge is 0.279 e. The molecule has 3 rings (SSSR count). The Morgan fingerprint density at radius 2 is 1.58 bits per heavy atom. The van der Waals surface area contributed by atoms with Gasteiger partial charge in [0.2, 0.25) is 5.91 Å². The van der Waals surface area contributed by atoms with Crippen LogP contribution in [0.25, 0.3) is 0 Å². The van der Waals surface area contributed by atoms with Crippen LogP contribution in [0, 0.1) is 5.92 Å². The minimum Gasteiger partial charge on any atom is -0.481 e. The van der Waals surface area contributed by atoms with E-state index in [9.17, 15) is 14.4 Å². The van der Waals surface area contributed by atoms with E-state index in [0.29, 0.717) is 22.0 Å². The minimum atomic E-state index is -0.821. The molecule has 31 heavy (non-hydrogen) atoms. The number of rotatable bonds is 6.